The maximum absolute atomic E-state index is 13.0. The van der Waals surface area contributed by atoms with Crippen molar-refractivity contribution in [3.8, 4) is 0 Å². The molecule has 0 bridgehead atoms. The first-order valence-corrected chi connectivity index (χ1v) is 5.95. The molecule has 110 valence electrons. The zero-order valence-corrected chi connectivity index (χ0v) is 11.7. The fourth-order valence-electron chi connectivity index (χ4n) is 2.12. The van der Waals surface area contributed by atoms with Crippen molar-refractivity contribution in [3.63, 3.8) is 0 Å². The lowest BCUT2D eigenvalue weighted by atomic mass is 10.1. The van der Waals surface area contributed by atoms with Crippen LogP contribution in [0.25, 0.3) is 0 Å². The number of nitro groups is 1. The van der Waals surface area contributed by atoms with Crippen LogP contribution in [0.4, 0.5) is 10.1 Å². The topological polar surface area (TPSA) is 75.5 Å². The second kappa shape index (κ2) is 6.62. The Hall–Kier alpha value is -1.73. The number of nitrogens with zero attached hydrogens (tertiary/aromatic N) is 2. The molecule has 1 aliphatic heterocycles. The minimum absolute atomic E-state index is 0. The molecule has 6 nitrogen and oxygen atoms in total. The van der Waals surface area contributed by atoms with Crippen LogP contribution in [0.5, 0.6) is 0 Å². The van der Waals surface area contributed by atoms with Crippen LogP contribution < -0.4 is 5.32 Å². The van der Waals surface area contributed by atoms with E-state index in [1.807, 2.05) is 6.92 Å². The fourth-order valence-corrected chi connectivity index (χ4v) is 2.12. The SMILES string of the molecule is C[C@H]1CN(C(=O)c2ccc(F)cc2[N+](=O)[O-])CCN1.Cl. The Bertz CT molecular complexity index is 527. The minimum atomic E-state index is -0.734. The molecule has 1 heterocycles. The van der Waals surface area contributed by atoms with E-state index in [0.717, 1.165) is 12.1 Å². The summed E-state index contributed by atoms with van der Waals surface area (Å²) >= 11 is 0. The molecule has 2 rings (SSSR count). The number of rotatable bonds is 2. The van der Waals surface area contributed by atoms with Crippen molar-refractivity contribution in [3.05, 3.63) is 39.7 Å². The first kappa shape index (κ1) is 16.3. The number of carbonyl (C=O) groups is 1. The predicted octanol–water partition coefficient (Wildman–Crippen LogP) is 1.59. The molecule has 1 saturated heterocycles. The highest BCUT2D eigenvalue weighted by molar-refractivity contribution is 5.98. The first-order valence-electron chi connectivity index (χ1n) is 5.95. The molecule has 1 atom stereocenters. The summed E-state index contributed by atoms with van der Waals surface area (Å²) in [7, 11) is 0. The van der Waals surface area contributed by atoms with Crippen molar-refractivity contribution < 1.29 is 14.1 Å². The predicted molar refractivity (Wildman–Crippen MR) is 73.7 cm³/mol. The number of hydrogen-bond donors (Lipinski definition) is 1. The highest BCUT2D eigenvalue weighted by atomic mass is 35.5. The maximum Gasteiger partial charge on any atom is 0.285 e. The minimum Gasteiger partial charge on any atom is -0.336 e. The van der Waals surface area contributed by atoms with E-state index >= 15 is 0 Å². The molecular weight excluding hydrogens is 289 g/mol. The van der Waals surface area contributed by atoms with Crippen LogP contribution in [0.2, 0.25) is 0 Å². The zero-order chi connectivity index (χ0) is 14.0. The van der Waals surface area contributed by atoms with Gasteiger partial charge in [-0.05, 0) is 19.1 Å². The molecule has 1 aromatic carbocycles. The number of nitro benzene ring substituents is 1. The van der Waals surface area contributed by atoms with Crippen LogP contribution in [-0.2, 0) is 0 Å². The van der Waals surface area contributed by atoms with Gasteiger partial charge in [0, 0.05) is 25.7 Å². The van der Waals surface area contributed by atoms with Crippen molar-refractivity contribution in [2.45, 2.75) is 13.0 Å². The van der Waals surface area contributed by atoms with E-state index in [9.17, 15) is 19.3 Å². The summed E-state index contributed by atoms with van der Waals surface area (Å²) in [5.74, 6) is -1.16. The summed E-state index contributed by atoms with van der Waals surface area (Å²) in [6, 6.07) is 3.14. The molecule has 0 radical (unpaired) electrons. The van der Waals surface area contributed by atoms with E-state index < -0.39 is 22.3 Å². The Kier molecular flexibility index (Phi) is 5.41. The van der Waals surface area contributed by atoms with E-state index in [4.69, 9.17) is 0 Å². The number of piperazine rings is 1. The molecule has 8 heteroatoms. The highest BCUT2D eigenvalue weighted by Crippen LogP contribution is 2.22. The lowest BCUT2D eigenvalue weighted by Gasteiger charge is -2.31. The average Bonchev–Trinajstić information content (AvgIpc) is 2.37. The lowest BCUT2D eigenvalue weighted by molar-refractivity contribution is -0.385. The third kappa shape index (κ3) is 3.43. The normalized spacial score (nSPS) is 18.3. The monoisotopic (exact) mass is 303 g/mol. The molecule has 0 saturated carbocycles. The molecule has 1 N–H and O–H groups in total. The molecule has 0 aliphatic carbocycles. The summed E-state index contributed by atoms with van der Waals surface area (Å²) in [5.41, 5.74) is -0.559. The van der Waals surface area contributed by atoms with Gasteiger partial charge in [-0.1, -0.05) is 0 Å². The van der Waals surface area contributed by atoms with Gasteiger partial charge in [-0.2, -0.15) is 0 Å². The fraction of sp³-hybridized carbons (Fsp3) is 0.417. The lowest BCUT2D eigenvalue weighted by Crippen LogP contribution is -2.51. The van der Waals surface area contributed by atoms with Crippen LogP contribution >= 0.6 is 12.4 Å². The van der Waals surface area contributed by atoms with Crippen molar-refractivity contribution in [2.75, 3.05) is 19.6 Å². The highest BCUT2D eigenvalue weighted by Gasteiger charge is 2.27. The van der Waals surface area contributed by atoms with Crippen molar-refractivity contribution in [2.24, 2.45) is 0 Å². The molecular formula is C12H15ClFN3O3. The largest absolute Gasteiger partial charge is 0.336 e. The molecule has 1 aliphatic rings. The Balaban J connectivity index is 0.00000200. The van der Waals surface area contributed by atoms with Crippen LogP contribution in [0.1, 0.15) is 17.3 Å². The molecule has 0 aromatic heterocycles. The van der Waals surface area contributed by atoms with E-state index in [1.54, 1.807) is 4.90 Å². The van der Waals surface area contributed by atoms with Gasteiger partial charge >= 0.3 is 0 Å². The van der Waals surface area contributed by atoms with Crippen molar-refractivity contribution in [1.29, 1.82) is 0 Å². The summed E-state index contributed by atoms with van der Waals surface area (Å²) in [6.07, 6.45) is 0. The summed E-state index contributed by atoms with van der Waals surface area (Å²) in [4.78, 5) is 23.9. The van der Waals surface area contributed by atoms with Gasteiger partial charge in [-0.15, -0.1) is 12.4 Å². The van der Waals surface area contributed by atoms with Gasteiger partial charge in [0.15, 0.2) is 0 Å². The van der Waals surface area contributed by atoms with E-state index in [0.29, 0.717) is 19.6 Å². The quantitative estimate of drug-likeness (QED) is 0.665. The van der Waals surface area contributed by atoms with Crippen molar-refractivity contribution >= 4 is 24.0 Å². The van der Waals surface area contributed by atoms with Crippen LogP contribution in [-0.4, -0.2) is 41.4 Å². The molecule has 0 unspecified atom stereocenters. The van der Waals surface area contributed by atoms with Crippen molar-refractivity contribution in [1.82, 2.24) is 10.2 Å². The van der Waals surface area contributed by atoms with Gasteiger partial charge in [0.25, 0.3) is 11.6 Å². The molecule has 1 amide bonds. The van der Waals surface area contributed by atoms with Gasteiger partial charge < -0.3 is 10.2 Å². The first-order chi connectivity index (χ1) is 8.99. The number of halogens is 2. The molecule has 0 spiro atoms. The van der Waals surface area contributed by atoms with Gasteiger partial charge in [0.2, 0.25) is 0 Å². The van der Waals surface area contributed by atoms with E-state index in [-0.39, 0.29) is 24.0 Å². The van der Waals surface area contributed by atoms with Gasteiger partial charge in [0.1, 0.15) is 11.4 Å². The Morgan fingerprint density at radius 3 is 2.85 bits per heavy atom. The summed E-state index contributed by atoms with van der Waals surface area (Å²) < 4.78 is 13.0. The number of amides is 1. The smallest absolute Gasteiger partial charge is 0.285 e. The van der Waals surface area contributed by atoms with Gasteiger partial charge in [0.05, 0.1) is 11.0 Å². The van der Waals surface area contributed by atoms with Gasteiger partial charge in [-0.3, -0.25) is 14.9 Å². The summed E-state index contributed by atoms with van der Waals surface area (Å²) in [5, 5.41) is 14.1. The third-order valence-corrected chi connectivity index (χ3v) is 3.04. The van der Waals surface area contributed by atoms with Crippen LogP contribution in [0.15, 0.2) is 18.2 Å². The molecule has 1 aromatic rings. The second-order valence-corrected chi connectivity index (χ2v) is 4.52. The maximum atomic E-state index is 13.0. The number of hydrogen-bond acceptors (Lipinski definition) is 4. The van der Waals surface area contributed by atoms with Gasteiger partial charge in [-0.25, -0.2) is 4.39 Å². The standard InChI is InChI=1S/C12H14FN3O3.ClH/c1-8-7-15(5-4-14-8)12(17)10-3-2-9(13)6-11(10)16(18)19;/h2-3,6,8,14H,4-5,7H2,1H3;1H/t8-;/m0./s1. The van der Waals surface area contributed by atoms with E-state index in [2.05, 4.69) is 5.32 Å². The Morgan fingerprint density at radius 2 is 2.25 bits per heavy atom. The number of carbonyl (C=O) groups excluding carboxylic acids is 1. The van der Waals surface area contributed by atoms with Crippen LogP contribution in [0.3, 0.4) is 0 Å². The second-order valence-electron chi connectivity index (χ2n) is 4.52. The third-order valence-electron chi connectivity index (χ3n) is 3.04. The van der Waals surface area contributed by atoms with E-state index in [1.165, 1.54) is 6.07 Å². The molecule has 1 fully saturated rings. The van der Waals surface area contributed by atoms with Crippen LogP contribution in [0, 0.1) is 15.9 Å². The average molecular weight is 304 g/mol. The Labute approximate surface area is 121 Å². The zero-order valence-electron chi connectivity index (χ0n) is 10.8. The number of nitrogens with one attached hydrogen (secondary N) is 1. The Morgan fingerprint density at radius 1 is 1.55 bits per heavy atom. The number of benzene rings is 1. The summed E-state index contributed by atoms with van der Waals surface area (Å²) in [6.45, 7) is 3.53. The molecule has 20 heavy (non-hydrogen) atoms.